The van der Waals surface area contributed by atoms with Gasteiger partial charge in [-0.25, -0.2) is 9.78 Å². The van der Waals surface area contributed by atoms with E-state index in [0.29, 0.717) is 13.0 Å². The van der Waals surface area contributed by atoms with Gasteiger partial charge in [0.15, 0.2) is 5.69 Å². The summed E-state index contributed by atoms with van der Waals surface area (Å²) in [6.07, 6.45) is 5.39. The molecule has 0 unspecified atom stereocenters. The molecule has 0 bridgehead atoms. The van der Waals surface area contributed by atoms with E-state index >= 15 is 0 Å². The van der Waals surface area contributed by atoms with Gasteiger partial charge in [0.05, 0.1) is 11.0 Å². The van der Waals surface area contributed by atoms with Crippen LogP contribution in [0.2, 0.25) is 0 Å². The Bertz CT molecular complexity index is 510. The molecule has 0 aliphatic carbocycles. The summed E-state index contributed by atoms with van der Waals surface area (Å²) in [6, 6.07) is -0.107. The second-order valence-electron chi connectivity index (χ2n) is 5.60. The molecule has 0 radical (unpaired) electrons. The van der Waals surface area contributed by atoms with Crippen molar-refractivity contribution in [1.82, 2.24) is 15.2 Å². The molecule has 2 N–H and O–H groups in total. The third-order valence-corrected chi connectivity index (χ3v) is 4.89. The molecular formula is C15H23N3O3S. The van der Waals surface area contributed by atoms with E-state index in [9.17, 15) is 9.59 Å². The minimum atomic E-state index is -1.01. The molecule has 1 aromatic rings. The zero-order valence-electron chi connectivity index (χ0n) is 12.9. The number of carboxylic acid groups (broad SMARTS) is 1. The maximum Gasteiger partial charge on any atom is 0.355 e. The van der Waals surface area contributed by atoms with Crippen LogP contribution < -0.4 is 5.32 Å². The predicted octanol–water partition coefficient (Wildman–Crippen LogP) is 1.76. The molecule has 2 rings (SSSR count). The number of carbonyl (C=O) groups excluding carboxylic acids is 1. The SMILES string of the molecule is C[C@H](C(=O)NCCc1nc(C(=O)O)cs1)N1CCCCCC1. The summed E-state index contributed by atoms with van der Waals surface area (Å²) in [5.74, 6) is -0.974. The van der Waals surface area contributed by atoms with Crippen LogP contribution in [0.4, 0.5) is 0 Å². The van der Waals surface area contributed by atoms with Crippen LogP contribution in [0.3, 0.4) is 0 Å². The van der Waals surface area contributed by atoms with Crippen LogP contribution in [-0.2, 0) is 11.2 Å². The number of aromatic nitrogens is 1. The Morgan fingerprint density at radius 3 is 2.64 bits per heavy atom. The highest BCUT2D eigenvalue weighted by molar-refractivity contribution is 7.09. The Kier molecular flexibility index (Phi) is 6.33. The van der Waals surface area contributed by atoms with E-state index in [-0.39, 0.29) is 17.6 Å². The molecular weight excluding hydrogens is 302 g/mol. The normalized spacial score (nSPS) is 17.7. The second kappa shape index (κ2) is 8.24. The van der Waals surface area contributed by atoms with E-state index < -0.39 is 5.97 Å². The van der Waals surface area contributed by atoms with Gasteiger partial charge in [0, 0.05) is 18.3 Å². The Balaban J connectivity index is 1.75. The summed E-state index contributed by atoms with van der Waals surface area (Å²) < 4.78 is 0. The smallest absolute Gasteiger partial charge is 0.355 e. The van der Waals surface area contributed by atoms with E-state index in [2.05, 4.69) is 15.2 Å². The number of thiazole rings is 1. The molecule has 0 aromatic carbocycles. The minimum absolute atomic E-state index is 0.0388. The van der Waals surface area contributed by atoms with Gasteiger partial charge in [-0.1, -0.05) is 12.8 Å². The Hall–Kier alpha value is -1.47. The molecule has 1 aliphatic heterocycles. The summed E-state index contributed by atoms with van der Waals surface area (Å²) in [7, 11) is 0. The maximum atomic E-state index is 12.2. The topological polar surface area (TPSA) is 82.5 Å². The molecule has 122 valence electrons. The van der Waals surface area contributed by atoms with Crippen molar-refractivity contribution in [2.75, 3.05) is 19.6 Å². The van der Waals surface area contributed by atoms with Gasteiger partial charge in [0.2, 0.25) is 5.91 Å². The van der Waals surface area contributed by atoms with Crippen LogP contribution in [0.1, 0.15) is 48.1 Å². The fraction of sp³-hybridized carbons (Fsp3) is 0.667. The van der Waals surface area contributed by atoms with Crippen molar-refractivity contribution in [3.8, 4) is 0 Å². The van der Waals surface area contributed by atoms with Gasteiger partial charge in [-0.2, -0.15) is 0 Å². The van der Waals surface area contributed by atoms with Crippen molar-refractivity contribution in [3.05, 3.63) is 16.1 Å². The third kappa shape index (κ3) is 4.78. The predicted molar refractivity (Wildman–Crippen MR) is 85.3 cm³/mol. The zero-order chi connectivity index (χ0) is 15.9. The van der Waals surface area contributed by atoms with Crippen molar-refractivity contribution >= 4 is 23.2 Å². The molecule has 1 saturated heterocycles. The first kappa shape index (κ1) is 16.9. The highest BCUT2D eigenvalue weighted by Gasteiger charge is 2.21. The number of hydrogen-bond donors (Lipinski definition) is 2. The highest BCUT2D eigenvalue weighted by Crippen LogP contribution is 2.13. The van der Waals surface area contributed by atoms with Crippen molar-refractivity contribution in [2.45, 2.75) is 45.1 Å². The molecule has 1 aromatic heterocycles. The van der Waals surface area contributed by atoms with Gasteiger partial charge in [-0.15, -0.1) is 11.3 Å². The number of rotatable bonds is 6. The Morgan fingerprint density at radius 1 is 1.36 bits per heavy atom. The minimum Gasteiger partial charge on any atom is -0.476 e. The lowest BCUT2D eigenvalue weighted by Gasteiger charge is -2.26. The first-order chi connectivity index (χ1) is 10.6. The average Bonchev–Trinajstić information content (AvgIpc) is 2.81. The van der Waals surface area contributed by atoms with Crippen LogP contribution in [-0.4, -0.2) is 52.5 Å². The number of carboxylic acids is 1. The number of amides is 1. The lowest BCUT2D eigenvalue weighted by Crippen LogP contribution is -2.46. The molecule has 1 fully saturated rings. The number of carbonyl (C=O) groups is 2. The Morgan fingerprint density at radius 2 is 2.05 bits per heavy atom. The molecule has 2 heterocycles. The number of nitrogens with one attached hydrogen (secondary N) is 1. The zero-order valence-corrected chi connectivity index (χ0v) is 13.7. The van der Waals surface area contributed by atoms with Crippen molar-refractivity contribution < 1.29 is 14.7 Å². The molecule has 1 atom stereocenters. The van der Waals surface area contributed by atoms with E-state index in [1.54, 1.807) is 0 Å². The van der Waals surface area contributed by atoms with E-state index in [4.69, 9.17) is 5.11 Å². The van der Waals surface area contributed by atoms with Crippen LogP contribution in [0.25, 0.3) is 0 Å². The van der Waals surface area contributed by atoms with Gasteiger partial charge in [-0.3, -0.25) is 9.69 Å². The van der Waals surface area contributed by atoms with Gasteiger partial charge in [0.1, 0.15) is 0 Å². The van der Waals surface area contributed by atoms with E-state index in [0.717, 1.165) is 30.9 Å². The first-order valence-electron chi connectivity index (χ1n) is 7.77. The lowest BCUT2D eigenvalue weighted by atomic mass is 10.2. The Labute approximate surface area is 134 Å². The van der Waals surface area contributed by atoms with Crippen LogP contribution >= 0.6 is 11.3 Å². The average molecular weight is 325 g/mol. The van der Waals surface area contributed by atoms with Crippen LogP contribution in [0, 0.1) is 0 Å². The molecule has 0 saturated carbocycles. The number of aromatic carboxylic acids is 1. The highest BCUT2D eigenvalue weighted by atomic mass is 32.1. The number of likely N-dealkylation sites (tertiary alicyclic amines) is 1. The van der Waals surface area contributed by atoms with Gasteiger partial charge in [-0.05, 0) is 32.9 Å². The summed E-state index contributed by atoms with van der Waals surface area (Å²) in [4.78, 5) is 29.2. The fourth-order valence-electron chi connectivity index (χ4n) is 2.61. The molecule has 1 amide bonds. The molecule has 1 aliphatic rings. The van der Waals surface area contributed by atoms with Crippen LogP contribution in [0.5, 0.6) is 0 Å². The van der Waals surface area contributed by atoms with E-state index in [1.807, 2.05) is 6.92 Å². The monoisotopic (exact) mass is 325 g/mol. The summed E-state index contributed by atoms with van der Waals surface area (Å²) >= 11 is 1.32. The van der Waals surface area contributed by atoms with Gasteiger partial charge >= 0.3 is 5.97 Å². The van der Waals surface area contributed by atoms with E-state index in [1.165, 1.54) is 29.6 Å². The molecule has 7 heteroatoms. The van der Waals surface area contributed by atoms with Crippen molar-refractivity contribution in [1.29, 1.82) is 0 Å². The molecule has 0 spiro atoms. The van der Waals surface area contributed by atoms with Crippen LogP contribution in [0.15, 0.2) is 5.38 Å². The standard InChI is InChI=1S/C15H23N3O3S/c1-11(18-8-4-2-3-5-9-18)14(19)16-7-6-13-17-12(10-22-13)15(20)21/h10-11H,2-9H2,1H3,(H,16,19)(H,20,21)/t11-/m1/s1. The summed E-state index contributed by atoms with van der Waals surface area (Å²) in [5.41, 5.74) is 0.0734. The maximum absolute atomic E-state index is 12.2. The molecule has 22 heavy (non-hydrogen) atoms. The lowest BCUT2D eigenvalue weighted by molar-refractivity contribution is -0.125. The fourth-order valence-corrected chi connectivity index (χ4v) is 3.38. The van der Waals surface area contributed by atoms with Crippen molar-refractivity contribution in [3.63, 3.8) is 0 Å². The third-order valence-electron chi connectivity index (χ3n) is 3.98. The number of nitrogens with zero attached hydrogens (tertiary/aromatic N) is 2. The van der Waals surface area contributed by atoms with Gasteiger partial charge < -0.3 is 10.4 Å². The first-order valence-corrected chi connectivity index (χ1v) is 8.65. The number of hydrogen-bond acceptors (Lipinski definition) is 5. The summed E-state index contributed by atoms with van der Waals surface area (Å²) in [6.45, 7) is 4.42. The largest absolute Gasteiger partial charge is 0.476 e. The molecule has 6 nitrogen and oxygen atoms in total. The van der Waals surface area contributed by atoms with Crippen molar-refractivity contribution in [2.24, 2.45) is 0 Å². The van der Waals surface area contributed by atoms with Gasteiger partial charge in [0.25, 0.3) is 0 Å². The summed E-state index contributed by atoms with van der Waals surface area (Å²) in [5, 5.41) is 14.0. The quantitative estimate of drug-likeness (QED) is 0.833. The second-order valence-corrected chi connectivity index (χ2v) is 6.54.